The minimum atomic E-state index is -4.42. The standard InChI is InChI=1S/C19H25F3N2O4/c1-12(13-5-7-14(8-6-13)19(20,21)22)23-16(25)15-11-27-10-9-24(15)17(26)28-18(2,3)4/h5-8,12,15H,9-11H2,1-4H3,(H,23,25)/t12-,15-/m1/s1. The van der Waals surface area contributed by atoms with E-state index >= 15 is 0 Å². The predicted octanol–water partition coefficient (Wildman–Crippen LogP) is 3.52. The van der Waals surface area contributed by atoms with Crippen molar-refractivity contribution in [3.63, 3.8) is 0 Å². The van der Waals surface area contributed by atoms with Crippen LogP contribution in [0, 0.1) is 0 Å². The maximum atomic E-state index is 12.7. The highest BCUT2D eigenvalue weighted by atomic mass is 19.4. The summed E-state index contributed by atoms with van der Waals surface area (Å²) in [7, 11) is 0. The minimum Gasteiger partial charge on any atom is -0.444 e. The Labute approximate surface area is 162 Å². The maximum absolute atomic E-state index is 12.7. The summed E-state index contributed by atoms with van der Waals surface area (Å²) >= 11 is 0. The molecule has 6 nitrogen and oxygen atoms in total. The molecular weight excluding hydrogens is 377 g/mol. The lowest BCUT2D eigenvalue weighted by Crippen LogP contribution is -2.57. The smallest absolute Gasteiger partial charge is 0.416 e. The van der Waals surface area contributed by atoms with Crippen LogP contribution in [0.2, 0.25) is 0 Å². The maximum Gasteiger partial charge on any atom is 0.416 e. The Bertz CT molecular complexity index is 699. The number of halogens is 3. The number of amides is 2. The van der Waals surface area contributed by atoms with Gasteiger partial charge < -0.3 is 14.8 Å². The average molecular weight is 402 g/mol. The second-order valence-electron chi connectivity index (χ2n) is 7.61. The first kappa shape index (κ1) is 22.0. The summed E-state index contributed by atoms with van der Waals surface area (Å²) in [6.07, 6.45) is -5.03. The highest BCUT2D eigenvalue weighted by Gasteiger charge is 2.36. The fourth-order valence-corrected chi connectivity index (χ4v) is 2.71. The van der Waals surface area contributed by atoms with Gasteiger partial charge in [-0.25, -0.2) is 4.79 Å². The molecule has 0 bridgehead atoms. The number of hydrogen-bond donors (Lipinski definition) is 1. The molecule has 9 heteroatoms. The Morgan fingerprint density at radius 3 is 2.36 bits per heavy atom. The molecule has 1 saturated heterocycles. The van der Waals surface area contributed by atoms with E-state index in [4.69, 9.17) is 9.47 Å². The van der Waals surface area contributed by atoms with Crippen molar-refractivity contribution in [1.82, 2.24) is 10.2 Å². The molecule has 1 N–H and O–H groups in total. The molecule has 0 spiro atoms. The number of hydrogen-bond acceptors (Lipinski definition) is 4. The van der Waals surface area contributed by atoms with Gasteiger partial charge in [0, 0.05) is 6.54 Å². The van der Waals surface area contributed by atoms with Crippen LogP contribution in [0.3, 0.4) is 0 Å². The molecule has 0 saturated carbocycles. The van der Waals surface area contributed by atoms with Gasteiger partial charge in [0.05, 0.1) is 24.8 Å². The van der Waals surface area contributed by atoms with Crippen molar-refractivity contribution in [2.75, 3.05) is 19.8 Å². The Kier molecular flexibility index (Phi) is 6.59. The predicted molar refractivity (Wildman–Crippen MR) is 95.5 cm³/mol. The number of nitrogens with zero attached hydrogens (tertiary/aromatic N) is 1. The topological polar surface area (TPSA) is 67.9 Å². The second-order valence-corrected chi connectivity index (χ2v) is 7.61. The fraction of sp³-hybridized carbons (Fsp3) is 0.579. The lowest BCUT2D eigenvalue weighted by molar-refractivity contribution is -0.137. The van der Waals surface area contributed by atoms with E-state index in [1.165, 1.54) is 17.0 Å². The largest absolute Gasteiger partial charge is 0.444 e. The van der Waals surface area contributed by atoms with Gasteiger partial charge in [0.25, 0.3) is 0 Å². The van der Waals surface area contributed by atoms with Crippen molar-refractivity contribution in [3.8, 4) is 0 Å². The molecule has 1 aliphatic rings. The third-order valence-electron chi connectivity index (χ3n) is 4.16. The minimum absolute atomic E-state index is 0.0187. The number of rotatable bonds is 3. The zero-order chi connectivity index (χ0) is 21.1. The summed E-state index contributed by atoms with van der Waals surface area (Å²) < 4.78 is 48.7. The molecule has 1 aromatic carbocycles. The number of alkyl halides is 3. The summed E-state index contributed by atoms with van der Waals surface area (Å²) in [4.78, 5) is 26.4. The van der Waals surface area contributed by atoms with Crippen molar-refractivity contribution in [2.24, 2.45) is 0 Å². The van der Waals surface area contributed by atoms with Gasteiger partial charge in [0.15, 0.2) is 0 Å². The fourth-order valence-electron chi connectivity index (χ4n) is 2.71. The third kappa shape index (κ3) is 5.85. The van der Waals surface area contributed by atoms with E-state index in [1.807, 2.05) is 0 Å². The molecule has 1 aromatic rings. The first-order valence-corrected chi connectivity index (χ1v) is 8.93. The number of carbonyl (C=O) groups is 2. The Morgan fingerprint density at radius 2 is 1.82 bits per heavy atom. The van der Waals surface area contributed by atoms with Crippen LogP contribution < -0.4 is 5.32 Å². The van der Waals surface area contributed by atoms with E-state index in [2.05, 4.69) is 5.32 Å². The number of benzene rings is 1. The highest BCUT2D eigenvalue weighted by Crippen LogP contribution is 2.30. The van der Waals surface area contributed by atoms with Gasteiger partial charge in [-0.05, 0) is 45.4 Å². The van der Waals surface area contributed by atoms with E-state index in [9.17, 15) is 22.8 Å². The van der Waals surface area contributed by atoms with Crippen molar-refractivity contribution < 1.29 is 32.2 Å². The van der Waals surface area contributed by atoms with Crippen LogP contribution in [0.1, 0.15) is 44.9 Å². The van der Waals surface area contributed by atoms with Crippen LogP contribution in [0.15, 0.2) is 24.3 Å². The van der Waals surface area contributed by atoms with Gasteiger partial charge in [-0.1, -0.05) is 12.1 Å². The molecule has 1 heterocycles. The monoisotopic (exact) mass is 402 g/mol. The molecule has 0 radical (unpaired) electrons. The SMILES string of the molecule is C[C@@H](NC(=O)[C@H]1COCCN1C(=O)OC(C)(C)C)c1ccc(C(F)(F)F)cc1. The second kappa shape index (κ2) is 8.38. The van der Waals surface area contributed by atoms with Gasteiger partial charge in [-0.3, -0.25) is 9.69 Å². The summed E-state index contributed by atoms with van der Waals surface area (Å²) in [6.45, 7) is 7.36. The zero-order valence-corrected chi connectivity index (χ0v) is 16.3. The van der Waals surface area contributed by atoms with Crippen LogP contribution >= 0.6 is 0 Å². The molecule has 0 unspecified atom stereocenters. The van der Waals surface area contributed by atoms with Crippen molar-refractivity contribution in [1.29, 1.82) is 0 Å². The van der Waals surface area contributed by atoms with Crippen molar-refractivity contribution >= 4 is 12.0 Å². The van der Waals surface area contributed by atoms with Gasteiger partial charge in [0.1, 0.15) is 11.6 Å². The normalized spacial score (nSPS) is 19.1. The lowest BCUT2D eigenvalue weighted by Gasteiger charge is -2.36. The Balaban J connectivity index is 2.05. The quantitative estimate of drug-likeness (QED) is 0.840. The summed E-state index contributed by atoms with van der Waals surface area (Å²) in [6, 6.07) is 3.15. The van der Waals surface area contributed by atoms with E-state index in [0.29, 0.717) is 5.56 Å². The summed E-state index contributed by atoms with van der Waals surface area (Å²) in [5.74, 6) is -0.460. The third-order valence-corrected chi connectivity index (χ3v) is 4.16. The molecular formula is C19H25F3N2O4. The van der Waals surface area contributed by atoms with Crippen LogP contribution in [-0.4, -0.2) is 48.3 Å². The highest BCUT2D eigenvalue weighted by molar-refractivity contribution is 5.86. The molecule has 0 aromatic heterocycles. The molecule has 2 rings (SSSR count). The molecule has 1 fully saturated rings. The Morgan fingerprint density at radius 1 is 1.21 bits per heavy atom. The van der Waals surface area contributed by atoms with E-state index in [-0.39, 0.29) is 19.8 Å². The Hall–Kier alpha value is -2.29. The number of nitrogens with one attached hydrogen (secondary N) is 1. The molecule has 28 heavy (non-hydrogen) atoms. The number of ether oxygens (including phenoxy) is 2. The van der Waals surface area contributed by atoms with Crippen molar-refractivity contribution in [2.45, 2.75) is 51.6 Å². The summed E-state index contributed by atoms with van der Waals surface area (Å²) in [5.41, 5.74) is -0.947. The van der Waals surface area contributed by atoms with E-state index in [0.717, 1.165) is 12.1 Å². The summed E-state index contributed by atoms with van der Waals surface area (Å²) in [5, 5.41) is 2.72. The first-order valence-electron chi connectivity index (χ1n) is 8.93. The van der Waals surface area contributed by atoms with E-state index in [1.54, 1.807) is 27.7 Å². The van der Waals surface area contributed by atoms with Gasteiger partial charge in [-0.2, -0.15) is 13.2 Å². The van der Waals surface area contributed by atoms with Gasteiger partial charge in [-0.15, -0.1) is 0 Å². The van der Waals surface area contributed by atoms with Crippen molar-refractivity contribution in [3.05, 3.63) is 35.4 Å². The van der Waals surface area contributed by atoms with Crippen LogP contribution in [0.25, 0.3) is 0 Å². The average Bonchev–Trinajstić information content (AvgIpc) is 2.59. The molecule has 1 aliphatic heterocycles. The molecule has 2 atom stereocenters. The van der Waals surface area contributed by atoms with E-state index < -0.39 is 41.4 Å². The zero-order valence-electron chi connectivity index (χ0n) is 16.3. The number of carbonyl (C=O) groups excluding carboxylic acids is 2. The van der Waals surface area contributed by atoms with Gasteiger partial charge in [0.2, 0.25) is 5.91 Å². The van der Waals surface area contributed by atoms with Crippen LogP contribution in [-0.2, 0) is 20.4 Å². The molecule has 2 amide bonds. The lowest BCUT2D eigenvalue weighted by atomic mass is 10.1. The molecule has 0 aliphatic carbocycles. The first-order chi connectivity index (χ1) is 12.9. The van der Waals surface area contributed by atoms with Gasteiger partial charge >= 0.3 is 12.3 Å². The number of morpholine rings is 1. The van der Waals surface area contributed by atoms with Crippen LogP contribution in [0.5, 0.6) is 0 Å². The molecule has 156 valence electrons. The van der Waals surface area contributed by atoms with Crippen LogP contribution in [0.4, 0.5) is 18.0 Å².